The maximum atomic E-state index is 11.1. The fourth-order valence-electron chi connectivity index (χ4n) is 2.26. The van der Waals surface area contributed by atoms with E-state index in [-0.39, 0.29) is 47.1 Å². The van der Waals surface area contributed by atoms with Crippen LogP contribution in [0.25, 0.3) is 0 Å². The van der Waals surface area contributed by atoms with Gasteiger partial charge in [-0.05, 0) is 12.8 Å². The Hall–Kier alpha value is -0.431. The van der Waals surface area contributed by atoms with Crippen LogP contribution >= 0.6 is 11.8 Å². The van der Waals surface area contributed by atoms with Crippen molar-refractivity contribution in [3.8, 4) is 0 Å². The molecule has 3 atom stereocenters. The smallest absolute Gasteiger partial charge is 2.00 e. The quantitative estimate of drug-likeness (QED) is 0.393. The van der Waals surface area contributed by atoms with Crippen molar-refractivity contribution >= 4 is 23.8 Å². The molecular weight excluding hydrogens is 308 g/mol. The summed E-state index contributed by atoms with van der Waals surface area (Å²) in [6.07, 6.45) is 2.88. The maximum Gasteiger partial charge on any atom is 2.00 e. The summed E-state index contributed by atoms with van der Waals surface area (Å²) >= 11 is 1.87. The zero-order chi connectivity index (χ0) is 11.5. The minimum Gasteiger partial charge on any atom is -2.00 e. The second kappa shape index (κ2) is 7.89. The summed E-state index contributed by atoms with van der Waals surface area (Å²) < 4.78 is 0. The van der Waals surface area contributed by atoms with Crippen LogP contribution in [0.5, 0.6) is 0 Å². The molecule has 0 bridgehead atoms. The summed E-state index contributed by atoms with van der Waals surface area (Å²) in [5.41, 5.74) is 0. The van der Waals surface area contributed by atoms with Crippen molar-refractivity contribution in [1.82, 2.24) is 10.6 Å². The summed E-state index contributed by atoms with van der Waals surface area (Å²) in [5, 5.41) is 14.8. The predicted molar refractivity (Wildman–Crippen MR) is 62.3 cm³/mol. The van der Waals surface area contributed by atoms with Gasteiger partial charge in [-0.25, -0.2) is 4.79 Å². The number of thioether (sulfide) groups is 1. The number of carbonyl (C=O) groups is 2. The normalized spacial score (nSPS) is 28.4. The molecule has 0 unspecified atom stereocenters. The molecule has 0 aromatic carbocycles. The molecule has 107 valence electrons. The van der Waals surface area contributed by atoms with Gasteiger partial charge in [0.15, 0.2) is 0 Å². The Morgan fingerprint density at radius 1 is 1.39 bits per heavy atom. The molecular formula is C10H16CuN2O4S. The van der Waals surface area contributed by atoms with E-state index in [4.69, 9.17) is 5.11 Å². The number of carbonyl (C=O) groups excluding carboxylic acids is 1. The molecule has 2 amide bonds. The van der Waals surface area contributed by atoms with Gasteiger partial charge in [0.2, 0.25) is 0 Å². The Bertz CT molecular complexity index is 306. The van der Waals surface area contributed by atoms with Crippen LogP contribution < -0.4 is 10.6 Å². The number of fused-ring (bicyclic) bond motifs is 1. The van der Waals surface area contributed by atoms with E-state index in [2.05, 4.69) is 10.6 Å². The van der Waals surface area contributed by atoms with Gasteiger partial charge < -0.3 is 21.2 Å². The summed E-state index contributed by atoms with van der Waals surface area (Å²) in [6.45, 7) is 0. The molecule has 8 heteroatoms. The Kier molecular flexibility index (Phi) is 7.70. The second-order valence-electron chi connectivity index (χ2n) is 4.26. The van der Waals surface area contributed by atoms with Crippen LogP contribution in [0.1, 0.15) is 25.7 Å². The number of rotatable bonds is 5. The monoisotopic (exact) mass is 323 g/mol. The Balaban J connectivity index is 0.00000144. The fourth-order valence-corrected chi connectivity index (χ4v) is 3.81. The minimum absolute atomic E-state index is 0. The minimum atomic E-state index is -0.729. The molecule has 2 saturated heterocycles. The summed E-state index contributed by atoms with van der Waals surface area (Å²) in [7, 11) is 0. The van der Waals surface area contributed by atoms with Crippen molar-refractivity contribution in [2.45, 2.75) is 43.0 Å². The van der Waals surface area contributed by atoms with Crippen molar-refractivity contribution in [2.75, 3.05) is 5.75 Å². The van der Waals surface area contributed by atoms with E-state index in [0.717, 1.165) is 25.0 Å². The van der Waals surface area contributed by atoms with Crippen LogP contribution in [-0.2, 0) is 27.3 Å². The fraction of sp³-hybridized carbons (Fsp3) is 0.800. The summed E-state index contributed by atoms with van der Waals surface area (Å²) in [5.74, 6) is 0.236. The van der Waals surface area contributed by atoms with Crippen LogP contribution in [0.15, 0.2) is 0 Å². The molecule has 0 aromatic heterocycles. The Labute approximate surface area is 120 Å². The predicted octanol–water partition coefficient (Wildman–Crippen LogP) is 0.676. The van der Waals surface area contributed by atoms with Crippen LogP contribution in [0.4, 0.5) is 4.79 Å². The molecule has 2 aliphatic rings. The Morgan fingerprint density at radius 3 is 2.78 bits per heavy atom. The van der Waals surface area contributed by atoms with Gasteiger partial charge in [0, 0.05) is 17.4 Å². The standard InChI is InChI=1S/C10H16N2O3S.Cu.O/c13-8(14)4-2-1-3-7-9-6(5-16-7)11-10(15)12-9;;/h6-7,9H,1-5H2,(H,13,14)(H2,11,12,15);;/q;+2;-2/t6-,7-,9-;;/m0../s1. The first kappa shape index (κ1) is 17.6. The van der Waals surface area contributed by atoms with Gasteiger partial charge in [0.25, 0.3) is 0 Å². The van der Waals surface area contributed by atoms with E-state index in [1.807, 2.05) is 11.8 Å². The van der Waals surface area contributed by atoms with Gasteiger partial charge in [-0.1, -0.05) is 6.42 Å². The van der Waals surface area contributed by atoms with Gasteiger partial charge in [-0.15, -0.1) is 0 Å². The van der Waals surface area contributed by atoms with E-state index in [9.17, 15) is 9.59 Å². The van der Waals surface area contributed by atoms with Crippen LogP contribution in [0.3, 0.4) is 0 Å². The van der Waals surface area contributed by atoms with Crippen molar-refractivity contribution in [3.05, 3.63) is 0 Å². The third-order valence-electron chi connectivity index (χ3n) is 3.07. The average Bonchev–Trinajstić information content (AvgIpc) is 2.72. The molecule has 0 saturated carbocycles. The van der Waals surface area contributed by atoms with Crippen LogP contribution in [0, 0.1) is 0 Å². The molecule has 0 aliphatic carbocycles. The van der Waals surface area contributed by atoms with E-state index in [1.165, 1.54) is 0 Å². The molecule has 0 spiro atoms. The molecule has 2 fully saturated rings. The number of hydrogen-bond acceptors (Lipinski definition) is 3. The first-order valence-corrected chi connectivity index (χ1v) is 6.62. The Morgan fingerprint density at radius 2 is 2.11 bits per heavy atom. The van der Waals surface area contributed by atoms with E-state index >= 15 is 0 Å². The molecule has 2 rings (SSSR count). The topological polar surface area (TPSA) is 107 Å². The molecule has 18 heavy (non-hydrogen) atoms. The zero-order valence-electron chi connectivity index (χ0n) is 9.65. The van der Waals surface area contributed by atoms with E-state index in [1.54, 1.807) is 0 Å². The largest absolute Gasteiger partial charge is 2.00 e. The third-order valence-corrected chi connectivity index (χ3v) is 4.58. The van der Waals surface area contributed by atoms with Gasteiger partial charge in [-0.3, -0.25) is 4.79 Å². The second-order valence-corrected chi connectivity index (χ2v) is 5.53. The number of unbranched alkanes of at least 4 members (excludes halogenated alkanes) is 1. The number of hydrogen-bond donors (Lipinski definition) is 3. The van der Waals surface area contributed by atoms with Crippen molar-refractivity contribution in [1.29, 1.82) is 0 Å². The van der Waals surface area contributed by atoms with Crippen LogP contribution in [0.2, 0.25) is 0 Å². The van der Waals surface area contributed by atoms with E-state index in [0.29, 0.717) is 5.25 Å². The van der Waals surface area contributed by atoms with Crippen molar-refractivity contribution < 1.29 is 37.2 Å². The first-order valence-electron chi connectivity index (χ1n) is 5.57. The number of urea groups is 1. The average molecular weight is 324 g/mol. The SMILES string of the molecule is O=C(O)CCCC[C@@H]1SC[C@@H]2NC(=O)N[C@@H]21.[Cu+2].[O-2]. The zero-order valence-corrected chi connectivity index (χ0v) is 11.4. The van der Waals surface area contributed by atoms with Crippen LogP contribution in [-0.4, -0.2) is 40.2 Å². The van der Waals surface area contributed by atoms with Crippen molar-refractivity contribution in [2.24, 2.45) is 0 Å². The van der Waals surface area contributed by atoms with Gasteiger partial charge in [-0.2, -0.15) is 11.8 Å². The van der Waals surface area contributed by atoms with Gasteiger partial charge in [0.05, 0.1) is 12.1 Å². The number of carboxylic acids is 1. The molecule has 3 N–H and O–H groups in total. The first-order chi connectivity index (χ1) is 7.66. The molecule has 1 radical (unpaired) electrons. The van der Waals surface area contributed by atoms with Gasteiger partial charge in [0.1, 0.15) is 0 Å². The number of nitrogens with one attached hydrogen (secondary N) is 2. The van der Waals surface area contributed by atoms with Crippen molar-refractivity contribution in [3.63, 3.8) is 0 Å². The van der Waals surface area contributed by atoms with E-state index < -0.39 is 5.97 Å². The molecule has 2 aliphatic heterocycles. The maximum absolute atomic E-state index is 11.1. The number of carboxylic acid groups (broad SMARTS) is 1. The summed E-state index contributed by atoms with van der Waals surface area (Å²) in [4.78, 5) is 21.5. The molecule has 2 heterocycles. The van der Waals surface area contributed by atoms with Gasteiger partial charge >= 0.3 is 29.1 Å². The molecule has 6 nitrogen and oxygen atoms in total. The number of aliphatic carboxylic acids is 1. The number of amides is 2. The third kappa shape index (κ3) is 4.35. The summed E-state index contributed by atoms with van der Waals surface area (Å²) in [6, 6.07) is 0.440. The molecule has 0 aromatic rings.